The van der Waals surface area contributed by atoms with Gasteiger partial charge in [0, 0.05) is 37.8 Å². The van der Waals surface area contributed by atoms with Gasteiger partial charge in [0.1, 0.15) is 5.82 Å². The molecule has 0 bridgehead atoms. The fourth-order valence-electron chi connectivity index (χ4n) is 1.12. The van der Waals surface area contributed by atoms with E-state index in [1.807, 2.05) is 6.07 Å². The molecule has 1 rings (SSSR count). The molecule has 0 aliphatic heterocycles. The second-order valence-electron chi connectivity index (χ2n) is 4.57. The second-order valence-corrected chi connectivity index (χ2v) is 7.21. The van der Waals surface area contributed by atoms with Crippen molar-refractivity contribution in [3.05, 3.63) is 18.3 Å². The zero-order valence-corrected chi connectivity index (χ0v) is 11.4. The predicted octanol–water partition coefficient (Wildman–Crippen LogP) is 1.36. The quantitative estimate of drug-likeness (QED) is 0.833. The van der Waals surface area contributed by atoms with Crippen LogP contribution in [0.5, 0.6) is 0 Å². The molecular weight excluding hydrogens is 238 g/mol. The van der Waals surface area contributed by atoms with Crippen LogP contribution in [0.25, 0.3) is 0 Å². The van der Waals surface area contributed by atoms with Gasteiger partial charge in [-0.3, -0.25) is 0 Å². The third-order valence-corrected chi connectivity index (χ3v) is 4.89. The van der Waals surface area contributed by atoms with E-state index in [4.69, 9.17) is 0 Å². The average molecular weight is 257 g/mol. The Kier molecular flexibility index (Phi) is 3.98. The Morgan fingerprint density at radius 2 is 2.06 bits per heavy atom. The molecule has 0 unspecified atom stereocenters. The average Bonchev–Trinajstić information content (AvgIpc) is 2.25. The summed E-state index contributed by atoms with van der Waals surface area (Å²) in [5, 5.41) is 6.03. The van der Waals surface area contributed by atoms with Gasteiger partial charge in [0.05, 0.1) is 4.75 Å². The molecule has 0 saturated heterocycles. The number of rotatable bonds is 5. The van der Waals surface area contributed by atoms with Crippen LogP contribution in [0.3, 0.4) is 0 Å². The third kappa shape index (κ3) is 3.59. The number of hydrogen-bond acceptors (Lipinski definition) is 5. The van der Waals surface area contributed by atoms with E-state index in [9.17, 15) is 8.42 Å². The largest absolute Gasteiger partial charge is 0.383 e. The molecule has 2 N–H and O–H groups in total. The summed E-state index contributed by atoms with van der Waals surface area (Å²) >= 11 is 0. The lowest BCUT2D eigenvalue weighted by atomic mass is 10.2. The van der Waals surface area contributed by atoms with Crippen LogP contribution in [0.15, 0.2) is 18.3 Å². The van der Waals surface area contributed by atoms with Crippen molar-refractivity contribution in [2.75, 3.05) is 30.5 Å². The van der Waals surface area contributed by atoms with Crippen molar-refractivity contribution >= 4 is 21.3 Å². The van der Waals surface area contributed by atoms with Gasteiger partial charge in [0.2, 0.25) is 0 Å². The lowest BCUT2D eigenvalue weighted by Gasteiger charge is -2.23. The van der Waals surface area contributed by atoms with Crippen LogP contribution in [-0.2, 0) is 9.84 Å². The summed E-state index contributed by atoms with van der Waals surface area (Å²) in [6.45, 7) is 3.77. The number of pyridine rings is 1. The number of anilines is 2. The van der Waals surface area contributed by atoms with Crippen molar-refractivity contribution in [1.29, 1.82) is 0 Å². The molecule has 0 aliphatic carbocycles. The van der Waals surface area contributed by atoms with Gasteiger partial charge in [0.15, 0.2) is 9.84 Å². The summed E-state index contributed by atoms with van der Waals surface area (Å²) in [4.78, 5) is 4.08. The van der Waals surface area contributed by atoms with Crippen molar-refractivity contribution in [3.63, 3.8) is 0 Å². The monoisotopic (exact) mass is 257 g/mol. The van der Waals surface area contributed by atoms with E-state index in [-0.39, 0.29) is 0 Å². The van der Waals surface area contributed by atoms with Crippen molar-refractivity contribution in [2.45, 2.75) is 18.6 Å². The van der Waals surface area contributed by atoms with E-state index in [1.54, 1.807) is 33.2 Å². The Morgan fingerprint density at radius 1 is 1.41 bits per heavy atom. The molecule has 0 fully saturated rings. The van der Waals surface area contributed by atoms with Gasteiger partial charge in [-0.25, -0.2) is 13.4 Å². The first-order valence-electron chi connectivity index (χ1n) is 5.33. The van der Waals surface area contributed by atoms with Crippen LogP contribution in [-0.4, -0.2) is 38.0 Å². The zero-order chi connectivity index (χ0) is 13.1. The minimum Gasteiger partial charge on any atom is -0.383 e. The Balaban J connectivity index is 2.74. The highest BCUT2D eigenvalue weighted by Crippen LogP contribution is 2.17. The number of aromatic nitrogens is 1. The van der Waals surface area contributed by atoms with Gasteiger partial charge in [-0.2, -0.15) is 0 Å². The minimum atomic E-state index is -3.08. The van der Waals surface area contributed by atoms with E-state index in [0.29, 0.717) is 6.54 Å². The molecule has 1 aromatic heterocycles. The molecule has 1 aromatic rings. The number of sulfone groups is 1. The van der Waals surface area contributed by atoms with Crippen molar-refractivity contribution in [1.82, 2.24) is 4.98 Å². The number of nitrogens with zero attached hydrogens (tertiary/aromatic N) is 1. The van der Waals surface area contributed by atoms with E-state index in [1.165, 1.54) is 6.26 Å². The third-order valence-electron chi connectivity index (χ3n) is 2.74. The highest BCUT2D eigenvalue weighted by molar-refractivity contribution is 7.92. The van der Waals surface area contributed by atoms with Crippen LogP contribution < -0.4 is 10.6 Å². The van der Waals surface area contributed by atoms with Crippen molar-refractivity contribution in [3.8, 4) is 0 Å². The molecular formula is C11H19N3O2S. The van der Waals surface area contributed by atoms with E-state index < -0.39 is 14.6 Å². The predicted molar refractivity (Wildman–Crippen MR) is 71.2 cm³/mol. The molecule has 1 heterocycles. The van der Waals surface area contributed by atoms with Gasteiger partial charge in [-0.15, -0.1) is 0 Å². The number of nitrogens with one attached hydrogen (secondary N) is 2. The van der Waals surface area contributed by atoms with Gasteiger partial charge in [-0.05, 0) is 19.9 Å². The molecule has 0 atom stereocenters. The van der Waals surface area contributed by atoms with Crippen molar-refractivity contribution in [2.24, 2.45) is 0 Å². The molecule has 96 valence electrons. The first-order valence-corrected chi connectivity index (χ1v) is 7.23. The molecule has 0 amide bonds. The summed E-state index contributed by atoms with van der Waals surface area (Å²) in [7, 11) is -1.30. The first-order chi connectivity index (χ1) is 7.76. The summed E-state index contributed by atoms with van der Waals surface area (Å²) in [5.41, 5.74) is 0.848. The molecule has 6 heteroatoms. The highest BCUT2D eigenvalue weighted by Gasteiger charge is 2.29. The van der Waals surface area contributed by atoms with E-state index in [0.717, 1.165) is 11.5 Å². The maximum absolute atomic E-state index is 11.5. The van der Waals surface area contributed by atoms with E-state index in [2.05, 4.69) is 15.6 Å². The maximum atomic E-state index is 11.5. The topological polar surface area (TPSA) is 71.1 Å². The van der Waals surface area contributed by atoms with Crippen LogP contribution in [0.2, 0.25) is 0 Å². The lowest BCUT2D eigenvalue weighted by molar-refractivity contribution is 0.560. The van der Waals surface area contributed by atoms with Gasteiger partial charge < -0.3 is 10.6 Å². The summed E-state index contributed by atoms with van der Waals surface area (Å²) in [5.74, 6) is 0.743. The Bertz CT molecular complexity index is 483. The van der Waals surface area contributed by atoms with Crippen LogP contribution in [0.4, 0.5) is 11.5 Å². The molecule has 5 nitrogen and oxygen atoms in total. The maximum Gasteiger partial charge on any atom is 0.154 e. The summed E-state index contributed by atoms with van der Waals surface area (Å²) < 4.78 is 22.3. The molecule has 0 aliphatic rings. The fraction of sp³-hybridized carbons (Fsp3) is 0.545. The highest BCUT2D eigenvalue weighted by atomic mass is 32.2. The van der Waals surface area contributed by atoms with Gasteiger partial charge in [0.25, 0.3) is 0 Å². The Morgan fingerprint density at radius 3 is 2.59 bits per heavy atom. The molecule has 0 saturated carbocycles. The van der Waals surface area contributed by atoms with E-state index >= 15 is 0 Å². The zero-order valence-electron chi connectivity index (χ0n) is 10.6. The molecule has 0 aromatic carbocycles. The van der Waals surface area contributed by atoms with Crippen LogP contribution >= 0.6 is 0 Å². The summed E-state index contributed by atoms with van der Waals surface area (Å²) in [6.07, 6.45) is 2.92. The summed E-state index contributed by atoms with van der Waals surface area (Å²) in [6, 6.07) is 3.64. The molecule has 17 heavy (non-hydrogen) atoms. The Labute approximate surface area is 103 Å². The van der Waals surface area contributed by atoms with Crippen molar-refractivity contribution < 1.29 is 8.42 Å². The van der Waals surface area contributed by atoms with Gasteiger partial charge in [-0.1, -0.05) is 0 Å². The lowest BCUT2D eigenvalue weighted by Crippen LogP contribution is -2.38. The number of hydrogen-bond donors (Lipinski definition) is 2. The molecule has 0 radical (unpaired) electrons. The Hall–Kier alpha value is -1.30. The van der Waals surface area contributed by atoms with Crippen LogP contribution in [0, 0.1) is 0 Å². The molecule has 0 spiro atoms. The first kappa shape index (κ1) is 13.8. The smallest absolute Gasteiger partial charge is 0.154 e. The normalized spacial score (nSPS) is 12.2. The fourth-order valence-corrected chi connectivity index (χ4v) is 1.46. The second kappa shape index (κ2) is 4.91. The van der Waals surface area contributed by atoms with Crippen LogP contribution in [0.1, 0.15) is 13.8 Å². The SMILES string of the molecule is CNc1cc(NCC(C)(C)S(C)(=O)=O)ccn1. The standard InChI is InChI=1S/C11H19N3O2S/c1-11(2,17(4,15)16)8-14-9-5-6-13-10(7-9)12-3/h5-7H,8H2,1-4H3,(H2,12,13,14). The minimum absolute atomic E-state index is 0.360. The van der Waals surface area contributed by atoms with Gasteiger partial charge >= 0.3 is 0 Å².